The average molecular weight is 660 g/mol. The SMILES string of the molecule is O=C(O)c1cc(=O)cc[nH]1.O=C(O)c1ccccn1.O=C(O)c1ccccn1.O=C(O)c1ccccn1.[Eu+3]. The zero-order valence-corrected chi connectivity index (χ0v) is 21.6. The monoisotopic (exact) mass is 661 g/mol. The summed E-state index contributed by atoms with van der Waals surface area (Å²) >= 11 is 0. The maximum Gasteiger partial charge on any atom is 3.00 e. The van der Waals surface area contributed by atoms with Gasteiger partial charge in [0, 0.05) is 36.9 Å². The van der Waals surface area contributed by atoms with Gasteiger partial charge in [0.2, 0.25) is 0 Å². The first-order chi connectivity index (χ1) is 17.6. The number of aromatic nitrogens is 4. The van der Waals surface area contributed by atoms with Crippen molar-refractivity contribution in [3.63, 3.8) is 0 Å². The fraction of sp³-hybridized carbons (Fsp3) is 0. The summed E-state index contributed by atoms with van der Waals surface area (Å²) in [7, 11) is 0. The van der Waals surface area contributed by atoms with Crippen LogP contribution in [0.15, 0.2) is 96.3 Å². The Kier molecular flexibility index (Phi) is 17.0. The minimum absolute atomic E-state index is 0. The number of carboxylic acid groups (broad SMARTS) is 4. The molecule has 4 heterocycles. The number of hydrogen-bond donors (Lipinski definition) is 5. The van der Waals surface area contributed by atoms with E-state index in [1.165, 1.54) is 49.1 Å². The molecule has 0 saturated heterocycles. The van der Waals surface area contributed by atoms with Crippen LogP contribution in [-0.2, 0) is 0 Å². The van der Waals surface area contributed by atoms with Crippen LogP contribution in [0.5, 0.6) is 0 Å². The molecule has 0 amide bonds. The van der Waals surface area contributed by atoms with Gasteiger partial charge in [-0.2, -0.15) is 0 Å². The second kappa shape index (κ2) is 19.0. The molecule has 38 heavy (non-hydrogen) atoms. The Hall–Kier alpha value is -4.14. The first-order valence-electron chi connectivity index (χ1n) is 9.96. The Morgan fingerprint density at radius 1 is 0.579 bits per heavy atom. The van der Waals surface area contributed by atoms with Gasteiger partial charge in [-0.15, -0.1) is 0 Å². The Balaban J connectivity index is 0.000000477. The van der Waals surface area contributed by atoms with Crippen LogP contribution in [0.1, 0.15) is 42.0 Å². The largest absolute Gasteiger partial charge is 3.00 e. The topological polar surface area (TPSA) is 221 Å². The molecule has 0 spiro atoms. The van der Waals surface area contributed by atoms with Gasteiger partial charge in [0.15, 0.2) is 5.43 Å². The number of H-pyrrole nitrogens is 1. The fourth-order valence-electron chi connectivity index (χ4n) is 2.04. The predicted molar refractivity (Wildman–Crippen MR) is 128 cm³/mol. The predicted octanol–water partition coefficient (Wildman–Crippen LogP) is 2.41. The molecule has 0 aromatic carbocycles. The van der Waals surface area contributed by atoms with Gasteiger partial charge >= 0.3 is 73.3 Å². The van der Waals surface area contributed by atoms with Gasteiger partial charge in [0.25, 0.3) is 0 Å². The molecule has 0 fully saturated rings. The van der Waals surface area contributed by atoms with Crippen LogP contribution in [0.4, 0.5) is 0 Å². The molecule has 0 atom stereocenters. The number of carbonyl (C=O) groups is 4. The summed E-state index contributed by atoms with van der Waals surface area (Å²) < 4.78 is 0. The van der Waals surface area contributed by atoms with Crippen LogP contribution in [-0.4, -0.2) is 64.2 Å². The van der Waals surface area contributed by atoms with Crippen molar-refractivity contribution in [1.29, 1.82) is 0 Å². The summed E-state index contributed by atoms with van der Waals surface area (Å²) in [6.45, 7) is 0. The van der Waals surface area contributed by atoms with E-state index in [1.807, 2.05) is 0 Å². The van der Waals surface area contributed by atoms with E-state index in [4.69, 9.17) is 20.4 Å². The molecular formula is C24H20EuN4O9+3. The molecule has 0 unspecified atom stereocenters. The number of aromatic amines is 1. The van der Waals surface area contributed by atoms with E-state index >= 15 is 0 Å². The number of nitrogens with zero attached hydrogens (tertiary/aromatic N) is 3. The Labute approximate surface area is 255 Å². The van der Waals surface area contributed by atoms with Gasteiger partial charge in [0.1, 0.15) is 22.8 Å². The molecular weight excluding hydrogens is 640 g/mol. The summed E-state index contributed by atoms with van der Waals surface area (Å²) in [5.41, 5.74) is -0.156. The summed E-state index contributed by atoms with van der Waals surface area (Å²) in [6, 6.07) is 16.6. The summed E-state index contributed by atoms with van der Waals surface area (Å²) in [5, 5.41) is 33.3. The quantitative estimate of drug-likeness (QED) is 0.213. The summed E-state index contributed by atoms with van der Waals surface area (Å²) in [4.78, 5) is 64.3. The van der Waals surface area contributed by atoms with Gasteiger partial charge in [-0.1, -0.05) is 18.2 Å². The van der Waals surface area contributed by atoms with Crippen LogP contribution < -0.4 is 5.43 Å². The first kappa shape index (κ1) is 33.9. The number of aromatic carboxylic acids is 4. The molecule has 5 N–H and O–H groups in total. The third kappa shape index (κ3) is 14.4. The van der Waals surface area contributed by atoms with Gasteiger partial charge < -0.3 is 25.4 Å². The minimum Gasteiger partial charge on any atom is -0.477 e. The maximum absolute atomic E-state index is 10.5. The van der Waals surface area contributed by atoms with E-state index in [0.29, 0.717) is 0 Å². The van der Waals surface area contributed by atoms with Crippen LogP contribution in [0.25, 0.3) is 0 Å². The molecule has 194 valence electrons. The van der Waals surface area contributed by atoms with Crippen LogP contribution in [0.2, 0.25) is 0 Å². The Morgan fingerprint density at radius 3 is 1.13 bits per heavy atom. The first-order valence-corrected chi connectivity index (χ1v) is 9.96. The summed E-state index contributed by atoms with van der Waals surface area (Å²) in [5.74, 6) is -4.10. The van der Waals surface area contributed by atoms with Crippen LogP contribution >= 0.6 is 0 Å². The number of pyridine rings is 4. The van der Waals surface area contributed by atoms with Crippen molar-refractivity contribution in [3.05, 3.63) is 125 Å². The molecule has 4 rings (SSSR count). The van der Waals surface area contributed by atoms with Gasteiger partial charge in [-0.05, 0) is 36.4 Å². The van der Waals surface area contributed by atoms with Crippen molar-refractivity contribution in [2.24, 2.45) is 0 Å². The molecule has 0 aliphatic rings. The van der Waals surface area contributed by atoms with Crippen LogP contribution in [0.3, 0.4) is 0 Å². The maximum atomic E-state index is 10.5. The molecule has 4 aromatic rings. The summed E-state index contributed by atoms with van der Waals surface area (Å²) in [6.07, 6.45) is 5.64. The second-order valence-corrected chi connectivity index (χ2v) is 6.30. The molecule has 14 heteroatoms. The normalized spacial score (nSPS) is 8.74. The number of rotatable bonds is 4. The van der Waals surface area contributed by atoms with Crippen molar-refractivity contribution < 1.29 is 89.0 Å². The number of nitrogens with one attached hydrogen (secondary N) is 1. The zero-order valence-electron chi connectivity index (χ0n) is 19.2. The standard InChI is InChI=1S/C6H5NO3.3C6H5NO2.Eu/c8-4-1-2-7-5(3-4)6(9)10;3*8-6(9)5-3-1-2-4-7-5;/h1-3H,(H,7,8)(H,9,10);3*1-4H,(H,8,9);/q;;;;+3. The smallest absolute Gasteiger partial charge is 0.477 e. The number of hydrogen-bond acceptors (Lipinski definition) is 8. The average Bonchev–Trinajstić information content (AvgIpc) is 2.91. The van der Waals surface area contributed by atoms with Gasteiger partial charge in [0.05, 0.1) is 0 Å². The zero-order chi connectivity index (χ0) is 27.6. The third-order valence-electron chi connectivity index (χ3n) is 3.66. The van der Waals surface area contributed by atoms with Crippen molar-refractivity contribution in [2.45, 2.75) is 0 Å². The van der Waals surface area contributed by atoms with E-state index < -0.39 is 23.9 Å². The molecule has 0 aliphatic heterocycles. The van der Waals surface area contributed by atoms with E-state index in [9.17, 15) is 24.0 Å². The Bertz CT molecular complexity index is 1240. The van der Waals surface area contributed by atoms with Crippen molar-refractivity contribution in [3.8, 4) is 0 Å². The van der Waals surface area contributed by atoms with Crippen LogP contribution in [0, 0.1) is 49.4 Å². The van der Waals surface area contributed by atoms with Crippen molar-refractivity contribution in [2.75, 3.05) is 0 Å². The molecule has 0 bridgehead atoms. The third-order valence-corrected chi connectivity index (χ3v) is 3.66. The molecule has 13 nitrogen and oxygen atoms in total. The van der Waals surface area contributed by atoms with E-state index in [0.717, 1.165) is 6.07 Å². The fourth-order valence-corrected chi connectivity index (χ4v) is 2.04. The number of carboxylic acids is 4. The Morgan fingerprint density at radius 2 is 0.947 bits per heavy atom. The molecule has 4 aromatic heterocycles. The molecule has 0 saturated carbocycles. The van der Waals surface area contributed by atoms with Gasteiger partial charge in [-0.3, -0.25) is 4.79 Å². The van der Waals surface area contributed by atoms with Crippen molar-refractivity contribution in [1.82, 2.24) is 19.9 Å². The molecule has 0 radical (unpaired) electrons. The minimum atomic E-state index is -1.13. The molecule has 0 aliphatic carbocycles. The van der Waals surface area contributed by atoms with E-state index in [1.54, 1.807) is 36.4 Å². The second-order valence-electron chi connectivity index (χ2n) is 6.30. The van der Waals surface area contributed by atoms with Crippen molar-refractivity contribution >= 4 is 23.9 Å². The van der Waals surface area contributed by atoms with Gasteiger partial charge in [-0.25, -0.2) is 34.1 Å². The van der Waals surface area contributed by atoms with E-state index in [-0.39, 0.29) is 77.6 Å². The van der Waals surface area contributed by atoms with E-state index in [2.05, 4.69) is 19.9 Å².